The Morgan fingerprint density at radius 3 is 1.58 bits per heavy atom. The summed E-state index contributed by atoms with van der Waals surface area (Å²) in [5.41, 5.74) is 2.44. The highest BCUT2D eigenvalue weighted by Gasteiger charge is 2.40. The van der Waals surface area contributed by atoms with Gasteiger partial charge in [0, 0.05) is 0 Å². The van der Waals surface area contributed by atoms with Crippen LogP contribution in [0.25, 0.3) is 0 Å². The molecule has 1 unspecified atom stereocenters. The van der Waals surface area contributed by atoms with E-state index in [-0.39, 0.29) is 0 Å². The minimum absolute atomic E-state index is 0.307. The summed E-state index contributed by atoms with van der Waals surface area (Å²) >= 11 is 0. The molecule has 1 atom stereocenters. The highest BCUT2D eigenvalue weighted by atomic mass is 14.4. The molecule has 0 amide bonds. The van der Waals surface area contributed by atoms with Crippen LogP contribution < -0.4 is 0 Å². The lowest BCUT2D eigenvalue weighted by molar-refractivity contribution is 0.0764. The maximum atomic E-state index is 2.46. The topological polar surface area (TPSA) is 0 Å². The largest absolute Gasteiger partial charge is 0.0919 e. The van der Waals surface area contributed by atoms with Gasteiger partial charge in [0.15, 0.2) is 0 Å². The third-order valence-corrected chi connectivity index (χ3v) is 6.16. The third kappa shape index (κ3) is 8.11. The fraction of sp³-hybridized carbons (Fsp3) is 0.692. The molecule has 0 nitrogen and oxygen atoms in total. The summed E-state index contributed by atoms with van der Waals surface area (Å²) in [7, 11) is 0. The smallest absolute Gasteiger partial charge is 0.0105 e. The summed E-state index contributed by atoms with van der Waals surface area (Å²) in [6.07, 6.45) is 6.51. The Morgan fingerprint density at radius 2 is 1.23 bits per heavy atom. The molecular formula is C26H46. The predicted molar refractivity (Wildman–Crippen MR) is 121 cm³/mol. The number of rotatable bonds is 6. The first kappa shape index (κ1) is 25.0. The first-order chi connectivity index (χ1) is 11.8. The van der Waals surface area contributed by atoms with Gasteiger partial charge in [-0.1, -0.05) is 105 Å². The van der Waals surface area contributed by atoms with Crippen LogP contribution >= 0.6 is 0 Å². The quantitative estimate of drug-likeness (QED) is 0.445. The number of allylic oxidation sites excluding steroid dienone is 2. The van der Waals surface area contributed by atoms with Gasteiger partial charge in [-0.05, 0) is 60.3 Å². The van der Waals surface area contributed by atoms with Crippen LogP contribution in [0.15, 0.2) is 42.5 Å². The van der Waals surface area contributed by atoms with Crippen molar-refractivity contribution in [3.05, 3.63) is 48.0 Å². The van der Waals surface area contributed by atoms with Crippen molar-refractivity contribution in [2.75, 3.05) is 0 Å². The van der Waals surface area contributed by atoms with Gasteiger partial charge in [0.1, 0.15) is 0 Å². The van der Waals surface area contributed by atoms with Crippen LogP contribution in [0.2, 0.25) is 0 Å². The summed E-state index contributed by atoms with van der Waals surface area (Å²) in [4.78, 5) is 0. The summed E-state index contributed by atoms with van der Waals surface area (Å²) in [5, 5.41) is 0. The molecule has 0 aliphatic heterocycles. The molecule has 0 aromatic heterocycles. The SMILES string of the molecule is C/C=C\C.CC(C)CC(C)(C)C(CC(C)(C)C(C)(C)C)c1ccccc1. The molecule has 0 spiro atoms. The Morgan fingerprint density at radius 1 is 0.769 bits per heavy atom. The van der Waals surface area contributed by atoms with Gasteiger partial charge in [0.2, 0.25) is 0 Å². The van der Waals surface area contributed by atoms with Crippen LogP contribution in [0.1, 0.15) is 100 Å². The second-order valence-corrected chi connectivity index (χ2v) is 10.6. The second kappa shape index (κ2) is 10.3. The van der Waals surface area contributed by atoms with Gasteiger partial charge in [-0.25, -0.2) is 0 Å². The highest BCUT2D eigenvalue weighted by molar-refractivity contribution is 5.22. The molecule has 0 aliphatic rings. The molecule has 150 valence electrons. The first-order valence-corrected chi connectivity index (χ1v) is 10.4. The monoisotopic (exact) mass is 358 g/mol. The fourth-order valence-electron chi connectivity index (χ4n) is 3.54. The maximum absolute atomic E-state index is 2.46. The molecule has 0 saturated heterocycles. The molecule has 26 heavy (non-hydrogen) atoms. The zero-order valence-corrected chi connectivity index (χ0v) is 19.6. The summed E-state index contributed by atoms with van der Waals surface area (Å²) in [6.45, 7) is 25.6. The average molecular weight is 359 g/mol. The van der Waals surface area contributed by atoms with E-state index in [1.54, 1.807) is 0 Å². The van der Waals surface area contributed by atoms with Crippen molar-refractivity contribution in [3.63, 3.8) is 0 Å². The van der Waals surface area contributed by atoms with Crippen molar-refractivity contribution in [2.24, 2.45) is 22.2 Å². The van der Waals surface area contributed by atoms with Crippen molar-refractivity contribution in [1.29, 1.82) is 0 Å². The van der Waals surface area contributed by atoms with Crippen LogP contribution in [0.4, 0.5) is 0 Å². The Balaban J connectivity index is 0.00000141. The van der Waals surface area contributed by atoms with Crippen molar-refractivity contribution >= 4 is 0 Å². The Kier molecular flexibility index (Phi) is 9.92. The fourth-order valence-corrected chi connectivity index (χ4v) is 3.54. The van der Waals surface area contributed by atoms with E-state index in [1.807, 2.05) is 26.0 Å². The van der Waals surface area contributed by atoms with E-state index in [2.05, 4.69) is 92.6 Å². The summed E-state index contributed by atoms with van der Waals surface area (Å²) < 4.78 is 0. The van der Waals surface area contributed by atoms with Gasteiger partial charge in [-0.15, -0.1) is 0 Å². The van der Waals surface area contributed by atoms with Crippen LogP contribution in [-0.2, 0) is 0 Å². The lowest BCUT2D eigenvalue weighted by Gasteiger charge is -2.46. The second-order valence-electron chi connectivity index (χ2n) is 10.6. The number of benzene rings is 1. The van der Waals surface area contributed by atoms with E-state index in [1.165, 1.54) is 18.4 Å². The van der Waals surface area contributed by atoms with Crippen LogP contribution in [0, 0.1) is 22.2 Å². The van der Waals surface area contributed by atoms with Gasteiger partial charge in [-0.2, -0.15) is 0 Å². The molecule has 0 heterocycles. The van der Waals surface area contributed by atoms with E-state index in [0.717, 1.165) is 5.92 Å². The Bertz CT molecular complexity index is 505. The van der Waals surface area contributed by atoms with Crippen LogP contribution in [0.3, 0.4) is 0 Å². The number of hydrogen-bond donors (Lipinski definition) is 0. The molecule has 1 aromatic carbocycles. The average Bonchev–Trinajstić information content (AvgIpc) is 2.51. The molecule has 0 aliphatic carbocycles. The van der Waals surface area contributed by atoms with Gasteiger partial charge in [0.25, 0.3) is 0 Å². The zero-order valence-electron chi connectivity index (χ0n) is 19.6. The molecule has 1 rings (SSSR count). The molecular weight excluding hydrogens is 312 g/mol. The highest BCUT2D eigenvalue weighted by Crippen LogP contribution is 2.51. The van der Waals surface area contributed by atoms with E-state index >= 15 is 0 Å². The predicted octanol–water partition coefficient (Wildman–Crippen LogP) is 8.89. The van der Waals surface area contributed by atoms with E-state index < -0.39 is 0 Å². The van der Waals surface area contributed by atoms with Crippen molar-refractivity contribution in [3.8, 4) is 0 Å². The normalized spacial score (nSPS) is 14.3. The Hall–Kier alpha value is -1.04. The maximum Gasteiger partial charge on any atom is -0.0105 e. The Labute approximate surface area is 165 Å². The standard InChI is InChI=1S/C22H38.C4H8/c1-17(2)15-21(6,7)19(18-13-11-10-12-14-18)16-22(8,9)20(3,4)5;1-3-4-2/h10-14,17,19H,15-16H2,1-9H3;3-4H,1-2H3/b;4-3-. The van der Waals surface area contributed by atoms with Crippen LogP contribution in [0.5, 0.6) is 0 Å². The molecule has 0 radical (unpaired) electrons. The third-order valence-electron chi connectivity index (χ3n) is 6.16. The van der Waals surface area contributed by atoms with E-state index in [4.69, 9.17) is 0 Å². The van der Waals surface area contributed by atoms with Gasteiger partial charge in [-0.3, -0.25) is 0 Å². The molecule has 0 saturated carbocycles. The zero-order chi connectivity index (χ0) is 20.6. The molecule has 1 aromatic rings. The van der Waals surface area contributed by atoms with E-state index in [9.17, 15) is 0 Å². The summed E-state index contributed by atoms with van der Waals surface area (Å²) in [5.74, 6) is 1.34. The molecule has 0 heteroatoms. The minimum atomic E-state index is 0.307. The lowest BCUT2D eigenvalue weighted by Crippen LogP contribution is -2.35. The molecule has 0 bridgehead atoms. The molecule has 0 fully saturated rings. The van der Waals surface area contributed by atoms with Crippen LogP contribution in [-0.4, -0.2) is 0 Å². The summed E-state index contributed by atoms with van der Waals surface area (Å²) in [6, 6.07) is 11.2. The lowest BCUT2D eigenvalue weighted by atomic mass is 9.59. The molecule has 0 N–H and O–H groups in total. The van der Waals surface area contributed by atoms with Crippen molar-refractivity contribution < 1.29 is 0 Å². The first-order valence-electron chi connectivity index (χ1n) is 10.4. The van der Waals surface area contributed by atoms with Gasteiger partial charge < -0.3 is 0 Å². The minimum Gasteiger partial charge on any atom is -0.0919 e. The van der Waals surface area contributed by atoms with E-state index in [0.29, 0.717) is 22.2 Å². The van der Waals surface area contributed by atoms with Crippen molar-refractivity contribution in [2.45, 2.75) is 94.9 Å². The van der Waals surface area contributed by atoms with Crippen molar-refractivity contribution in [1.82, 2.24) is 0 Å². The van der Waals surface area contributed by atoms with Gasteiger partial charge in [0.05, 0.1) is 0 Å². The number of hydrogen-bond acceptors (Lipinski definition) is 0. The van der Waals surface area contributed by atoms with Gasteiger partial charge >= 0.3 is 0 Å².